The van der Waals surface area contributed by atoms with Gasteiger partial charge >= 0.3 is 5.63 Å². The molecule has 4 aromatic rings. The fraction of sp³-hybridized carbons (Fsp3) is 0.120. The van der Waals surface area contributed by atoms with Crippen LogP contribution in [0.4, 0.5) is 5.69 Å². The van der Waals surface area contributed by atoms with Gasteiger partial charge in [0.05, 0.1) is 17.0 Å². The number of benzene rings is 3. The minimum atomic E-state index is -0.449. The first-order valence-corrected chi connectivity index (χ1v) is 11.1. The Hall–Kier alpha value is -3.02. The molecule has 1 aliphatic heterocycles. The standard InChI is InChI=1S/C25H18ClNO3S/c1-14-12-23(29)30-25-17(14)10-11-20(28)24(25)19-13-22(15-6-8-16(26)9-7-15)31-21-5-3-2-4-18(21)27-19/h2-12,22,28H,13H2,1H3/t22-/m0/s1. The van der Waals surface area contributed by atoms with Crippen LogP contribution in [-0.2, 0) is 0 Å². The van der Waals surface area contributed by atoms with Crippen LogP contribution in [0.15, 0.2) is 85.8 Å². The zero-order valence-corrected chi connectivity index (χ0v) is 18.2. The first kappa shape index (κ1) is 19.9. The minimum absolute atomic E-state index is 0.0410. The number of aromatic hydroxyl groups is 1. The number of aliphatic imine (C=N–C) groups is 1. The molecule has 1 atom stereocenters. The predicted molar refractivity (Wildman–Crippen MR) is 126 cm³/mol. The number of phenolic OH excluding ortho intramolecular Hbond substituents is 1. The van der Waals surface area contributed by atoms with Crippen LogP contribution in [0.3, 0.4) is 0 Å². The molecule has 1 N–H and O–H groups in total. The lowest BCUT2D eigenvalue weighted by Gasteiger charge is -2.17. The Morgan fingerprint density at radius 3 is 2.68 bits per heavy atom. The second kappa shape index (κ2) is 7.91. The van der Waals surface area contributed by atoms with E-state index in [2.05, 4.69) is 0 Å². The SMILES string of the molecule is Cc1cc(=O)oc2c(C3=Nc4ccccc4S[C@H](c4ccc(Cl)cc4)C3)c(O)ccc12. The van der Waals surface area contributed by atoms with Crippen molar-refractivity contribution in [1.29, 1.82) is 0 Å². The highest BCUT2D eigenvalue weighted by molar-refractivity contribution is 7.99. The topological polar surface area (TPSA) is 62.8 Å². The Morgan fingerprint density at radius 1 is 1.10 bits per heavy atom. The van der Waals surface area contributed by atoms with Crippen molar-refractivity contribution in [3.63, 3.8) is 0 Å². The smallest absolute Gasteiger partial charge is 0.336 e. The normalized spacial score (nSPS) is 15.9. The Labute approximate surface area is 188 Å². The quantitative estimate of drug-likeness (QED) is 0.342. The lowest BCUT2D eigenvalue weighted by Crippen LogP contribution is -2.08. The van der Waals surface area contributed by atoms with E-state index in [1.54, 1.807) is 23.9 Å². The summed E-state index contributed by atoms with van der Waals surface area (Å²) in [7, 11) is 0. The van der Waals surface area contributed by atoms with Gasteiger partial charge in [0.25, 0.3) is 0 Å². The van der Waals surface area contributed by atoms with E-state index in [0.717, 1.165) is 27.1 Å². The van der Waals surface area contributed by atoms with Crippen LogP contribution in [-0.4, -0.2) is 10.8 Å². The van der Waals surface area contributed by atoms with Gasteiger partial charge in [-0.1, -0.05) is 35.9 Å². The van der Waals surface area contributed by atoms with Crippen LogP contribution in [0.2, 0.25) is 5.02 Å². The van der Waals surface area contributed by atoms with E-state index in [1.807, 2.05) is 55.5 Å². The van der Waals surface area contributed by atoms with Crippen molar-refractivity contribution in [3.05, 3.63) is 98.9 Å². The van der Waals surface area contributed by atoms with E-state index >= 15 is 0 Å². The van der Waals surface area contributed by atoms with Crippen molar-refractivity contribution >= 4 is 45.7 Å². The molecule has 0 fully saturated rings. The van der Waals surface area contributed by atoms with Crippen molar-refractivity contribution in [1.82, 2.24) is 0 Å². The van der Waals surface area contributed by atoms with E-state index in [9.17, 15) is 9.90 Å². The van der Waals surface area contributed by atoms with Gasteiger partial charge in [0.15, 0.2) is 5.58 Å². The van der Waals surface area contributed by atoms with Crippen LogP contribution >= 0.6 is 23.4 Å². The van der Waals surface area contributed by atoms with Crippen molar-refractivity contribution in [2.45, 2.75) is 23.5 Å². The van der Waals surface area contributed by atoms with Crippen LogP contribution in [0.5, 0.6) is 5.75 Å². The highest BCUT2D eigenvalue weighted by atomic mass is 35.5. The molecule has 0 saturated carbocycles. The molecule has 1 aromatic heterocycles. The third-order valence-corrected chi connectivity index (χ3v) is 6.97. The molecule has 0 aliphatic carbocycles. The third-order valence-electron chi connectivity index (χ3n) is 5.40. The Bertz CT molecular complexity index is 1390. The van der Waals surface area contributed by atoms with E-state index in [0.29, 0.717) is 28.3 Å². The number of hydrogen-bond donors (Lipinski definition) is 1. The summed E-state index contributed by atoms with van der Waals surface area (Å²) in [6.45, 7) is 1.86. The summed E-state index contributed by atoms with van der Waals surface area (Å²) >= 11 is 7.82. The van der Waals surface area contributed by atoms with Crippen molar-refractivity contribution in [2.24, 2.45) is 4.99 Å². The van der Waals surface area contributed by atoms with Crippen LogP contribution < -0.4 is 5.63 Å². The molecule has 1 aliphatic rings. The van der Waals surface area contributed by atoms with Gasteiger partial charge < -0.3 is 9.52 Å². The summed E-state index contributed by atoms with van der Waals surface area (Å²) in [5.41, 5.74) is 3.79. The lowest BCUT2D eigenvalue weighted by molar-refractivity contribution is 0.471. The van der Waals surface area contributed by atoms with E-state index in [-0.39, 0.29) is 11.0 Å². The summed E-state index contributed by atoms with van der Waals surface area (Å²) in [4.78, 5) is 18.1. The molecule has 2 heterocycles. The lowest BCUT2D eigenvalue weighted by atomic mass is 9.97. The van der Waals surface area contributed by atoms with Gasteiger partial charge in [-0.3, -0.25) is 4.99 Å². The molecule has 0 radical (unpaired) electrons. The first-order chi connectivity index (χ1) is 15.0. The second-order valence-electron chi connectivity index (χ2n) is 7.47. The number of rotatable bonds is 2. The van der Waals surface area contributed by atoms with Gasteiger partial charge in [-0.05, 0) is 54.4 Å². The van der Waals surface area contributed by atoms with Crippen molar-refractivity contribution in [2.75, 3.05) is 0 Å². The van der Waals surface area contributed by atoms with E-state index in [4.69, 9.17) is 21.0 Å². The molecule has 0 saturated heterocycles. The molecular formula is C25H18ClNO3S. The zero-order valence-electron chi connectivity index (χ0n) is 16.6. The molecule has 0 amide bonds. The van der Waals surface area contributed by atoms with E-state index in [1.165, 1.54) is 6.07 Å². The number of para-hydroxylation sites is 1. The number of halogens is 1. The summed E-state index contributed by atoms with van der Waals surface area (Å²) in [6, 6.07) is 20.6. The number of aryl methyl sites for hydroxylation is 1. The highest BCUT2D eigenvalue weighted by Crippen LogP contribution is 2.46. The van der Waals surface area contributed by atoms with Crippen molar-refractivity contribution < 1.29 is 9.52 Å². The fourth-order valence-electron chi connectivity index (χ4n) is 3.88. The number of phenols is 1. The maximum absolute atomic E-state index is 12.1. The van der Waals surface area contributed by atoms with Crippen LogP contribution in [0.25, 0.3) is 11.0 Å². The molecule has 3 aromatic carbocycles. The molecule has 0 unspecified atom stereocenters. The minimum Gasteiger partial charge on any atom is -0.507 e. The van der Waals surface area contributed by atoms with E-state index < -0.39 is 5.63 Å². The highest BCUT2D eigenvalue weighted by Gasteiger charge is 2.26. The van der Waals surface area contributed by atoms with Crippen molar-refractivity contribution in [3.8, 4) is 5.75 Å². The van der Waals surface area contributed by atoms with Gasteiger partial charge in [0.2, 0.25) is 0 Å². The summed E-state index contributed by atoms with van der Waals surface area (Å²) in [5, 5.41) is 12.3. The molecule has 0 spiro atoms. The molecule has 0 bridgehead atoms. The molecule has 31 heavy (non-hydrogen) atoms. The van der Waals surface area contributed by atoms with Gasteiger partial charge in [0.1, 0.15) is 5.75 Å². The maximum Gasteiger partial charge on any atom is 0.336 e. The second-order valence-corrected chi connectivity index (χ2v) is 9.15. The summed E-state index contributed by atoms with van der Waals surface area (Å²) in [5.74, 6) is 0.0410. The molecule has 5 rings (SSSR count). The molecule has 6 heteroatoms. The average Bonchev–Trinajstić information content (AvgIpc) is 2.93. The third kappa shape index (κ3) is 3.75. The first-order valence-electron chi connectivity index (χ1n) is 9.85. The number of hydrogen-bond acceptors (Lipinski definition) is 5. The fourth-order valence-corrected chi connectivity index (χ4v) is 5.24. The Balaban J connectivity index is 1.74. The van der Waals surface area contributed by atoms with Gasteiger partial charge in [-0.15, -0.1) is 11.8 Å². The van der Waals surface area contributed by atoms with Gasteiger partial charge in [-0.25, -0.2) is 4.79 Å². The molecule has 154 valence electrons. The Morgan fingerprint density at radius 2 is 1.87 bits per heavy atom. The summed E-state index contributed by atoms with van der Waals surface area (Å²) < 4.78 is 5.57. The summed E-state index contributed by atoms with van der Waals surface area (Å²) in [6.07, 6.45) is 0.547. The van der Waals surface area contributed by atoms with Gasteiger partial charge in [0, 0.05) is 33.0 Å². The number of nitrogens with zero attached hydrogens (tertiary/aromatic N) is 1. The largest absolute Gasteiger partial charge is 0.507 e. The molecule has 4 nitrogen and oxygen atoms in total. The van der Waals surface area contributed by atoms with Gasteiger partial charge in [-0.2, -0.15) is 0 Å². The van der Waals surface area contributed by atoms with Crippen LogP contribution in [0, 0.1) is 6.92 Å². The monoisotopic (exact) mass is 447 g/mol. The Kier molecular flexibility index (Phi) is 5.08. The molecular weight excluding hydrogens is 430 g/mol. The van der Waals surface area contributed by atoms with Crippen LogP contribution in [0.1, 0.15) is 28.4 Å². The maximum atomic E-state index is 12.1. The zero-order chi connectivity index (χ0) is 21.5. The number of fused-ring (bicyclic) bond motifs is 2. The predicted octanol–water partition coefficient (Wildman–Crippen LogP) is 6.82. The number of thioether (sulfide) groups is 1. The average molecular weight is 448 g/mol.